The second-order valence-corrected chi connectivity index (χ2v) is 5.88. The number of hydrogen-bond donors (Lipinski definition) is 0. The van der Waals surface area contributed by atoms with Gasteiger partial charge in [0.25, 0.3) is 11.8 Å². The first-order chi connectivity index (χ1) is 10.2. The maximum atomic E-state index is 11.8. The molecule has 0 saturated heterocycles. The maximum Gasteiger partial charge on any atom is 0.347 e. The van der Waals surface area contributed by atoms with Crippen LogP contribution in [0.15, 0.2) is 11.1 Å². The summed E-state index contributed by atoms with van der Waals surface area (Å²) in [5.41, 5.74) is 0.243. The number of carbonyl (C=O) groups excluding carboxylic acids is 3. The summed E-state index contributed by atoms with van der Waals surface area (Å²) in [7, 11) is 0. The molecule has 2 amide bonds. The Morgan fingerprint density at radius 2 is 1.68 bits per heavy atom. The van der Waals surface area contributed by atoms with Gasteiger partial charge in [-0.3, -0.25) is 19.4 Å². The zero-order chi connectivity index (χ0) is 16.9. The van der Waals surface area contributed by atoms with Crippen molar-refractivity contribution in [3.63, 3.8) is 0 Å². The van der Waals surface area contributed by atoms with Crippen LogP contribution in [0.4, 0.5) is 0 Å². The van der Waals surface area contributed by atoms with Gasteiger partial charge in [0.05, 0.1) is 6.42 Å². The maximum absolute atomic E-state index is 11.8. The van der Waals surface area contributed by atoms with Crippen molar-refractivity contribution in [3.8, 4) is 0 Å². The average molecular weight is 313 g/mol. The molecule has 0 bridgehead atoms. The Kier molecular flexibility index (Phi) is 6.25. The molecular formula is C15H23NO6. The number of amides is 2. The van der Waals surface area contributed by atoms with E-state index in [0.717, 1.165) is 17.7 Å². The molecule has 0 fully saturated rings. The van der Waals surface area contributed by atoms with Crippen LogP contribution in [0.2, 0.25) is 0 Å². The molecular weight excluding hydrogens is 290 g/mol. The molecule has 0 aromatic carbocycles. The van der Waals surface area contributed by atoms with Crippen LogP contribution in [0.3, 0.4) is 0 Å². The van der Waals surface area contributed by atoms with Crippen molar-refractivity contribution in [2.24, 2.45) is 0 Å². The minimum Gasteiger partial charge on any atom is -0.274 e. The van der Waals surface area contributed by atoms with E-state index in [-0.39, 0.29) is 24.8 Å². The van der Waals surface area contributed by atoms with Crippen LogP contribution in [0, 0.1) is 0 Å². The van der Waals surface area contributed by atoms with E-state index in [4.69, 9.17) is 4.89 Å². The van der Waals surface area contributed by atoms with Gasteiger partial charge in [0.15, 0.2) is 0 Å². The summed E-state index contributed by atoms with van der Waals surface area (Å²) in [4.78, 5) is 45.6. The summed E-state index contributed by atoms with van der Waals surface area (Å²) < 4.78 is 0. The summed E-state index contributed by atoms with van der Waals surface area (Å²) in [6.45, 7) is 8.74. The van der Waals surface area contributed by atoms with E-state index in [1.165, 1.54) is 0 Å². The van der Waals surface area contributed by atoms with Crippen molar-refractivity contribution >= 4 is 17.8 Å². The van der Waals surface area contributed by atoms with Crippen LogP contribution in [0.1, 0.15) is 53.9 Å². The van der Waals surface area contributed by atoms with E-state index in [9.17, 15) is 14.4 Å². The summed E-state index contributed by atoms with van der Waals surface area (Å²) in [6.07, 6.45) is 1.48. The number of hydrogen-bond acceptors (Lipinski definition) is 6. The normalized spacial score (nSPS) is 15.8. The smallest absolute Gasteiger partial charge is 0.274 e. The van der Waals surface area contributed by atoms with Crippen molar-refractivity contribution < 1.29 is 29.2 Å². The lowest BCUT2D eigenvalue weighted by Crippen LogP contribution is -2.34. The van der Waals surface area contributed by atoms with E-state index in [1.54, 1.807) is 13.8 Å². The Labute approximate surface area is 130 Å². The first-order valence-electron chi connectivity index (χ1n) is 7.28. The third kappa shape index (κ3) is 4.64. The van der Waals surface area contributed by atoms with Gasteiger partial charge >= 0.3 is 5.97 Å². The number of nitrogens with zero attached hydrogens (tertiary/aromatic N) is 1. The monoisotopic (exact) mass is 313 g/mol. The first-order valence-corrected chi connectivity index (χ1v) is 7.28. The Morgan fingerprint density at radius 1 is 1.14 bits per heavy atom. The third-order valence-corrected chi connectivity index (χ3v) is 3.47. The Morgan fingerprint density at radius 3 is 2.18 bits per heavy atom. The molecule has 7 nitrogen and oxygen atoms in total. The molecule has 1 heterocycles. The van der Waals surface area contributed by atoms with Crippen molar-refractivity contribution in [2.75, 3.05) is 6.54 Å². The Hall–Kier alpha value is -1.73. The van der Waals surface area contributed by atoms with Gasteiger partial charge in [-0.25, -0.2) is 4.79 Å². The highest BCUT2D eigenvalue weighted by Gasteiger charge is 2.33. The zero-order valence-electron chi connectivity index (χ0n) is 13.7. The van der Waals surface area contributed by atoms with Gasteiger partial charge in [0.2, 0.25) is 0 Å². The van der Waals surface area contributed by atoms with E-state index >= 15 is 0 Å². The van der Waals surface area contributed by atoms with Crippen molar-refractivity contribution in [2.45, 2.75) is 59.5 Å². The van der Waals surface area contributed by atoms with Gasteiger partial charge in [-0.1, -0.05) is 13.3 Å². The molecule has 0 aromatic rings. The van der Waals surface area contributed by atoms with Gasteiger partial charge in [-0.05, 0) is 39.2 Å². The number of imide groups is 1. The standard InChI is InChI=1S/C15H23NO6/c1-6-8-15(4,5)21-22-20-12(17)7-9-16-13(18)10(2)11(3)14(16)19/h6-9H2,1-5H3. The highest BCUT2D eigenvalue weighted by molar-refractivity contribution is 6.18. The Balaban J connectivity index is 2.33. The van der Waals surface area contributed by atoms with Gasteiger partial charge in [0.1, 0.15) is 5.60 Å². The minimum atomic E-state index is -0.713. The lowest BCUT2D eigenvalue weighted by Gasteiger charge is -2.21. The van der Waals surface area contributed by atoms with Crippen LogP contribution in [0.5, 0.6) is 0 Å². The van der Waals surface area contributed by atoms with E-state index in [0.29, 0.717) is 11.1 Å². The van der Waals surface area contributed by atoms with Gasteiger partial charge in [-0.15, -0.1) is 0 Å². The predicted octanol–water partition coefficient (Wildman–Crippen LogP) is 2.07. The summed E-state index contributed by atoms with van der Waals surface area (Å²) in [5.74, 6) is -1.47. The SMILES string of the molecule is CCCC(C)(C)OOOC(=O)CCN1C(=O)C(C)=C(C)C1=O. The van der Waals surface area contributed by atoms with E-state index in [1.807, 2.05) is 20.8 Å². The molecule has 22 heavy (non-hydrogen) atoms. The topological polar surface area (TPSA) is 82.1 Å². The van der Waals surface area contributed by atoms with Crippen LogP contribution < -0.4 is 0 Å². The van der Waals surface area contributed by atoms with Gasteiger partial charge < -0.3 is 0 Å². The number of carbonyl (C=O) groups is 3. The molecule has 1 aliphatic heterocycles. The summed E-state index contributed by atoms with van der Waals surface area (Å²) in [5, 5.41) is 4.48. The van der Waals surface area contributed by atoms with Crippen molar-refractivity contribution in [3.05, 3.63) is 11.1 Å². The van der Waals surface area contributed by atoms with Gasteiger partial charge in [-0.2, -0.15) is 4.89 Å². The Bertz CT molecular complexity index is 470. The molecule has 0 atom stereocenters. The lowest BCUT2D eigenvalue weighted by molar-refractivity contribution is -0.517. The average Bonchev–Trinajstić information content (AvgIpc) is 2.61. The molecule has 0 aromatic heterocycles. The van der Waals surface area contributed by atoms with Crippen LogP contribution in [-0.4, -0.2) is 34.8 Å². The quantitative estimate of drug-likeness (QED) is 0.387. The fourth-order valence-corrected chi connectivity index (χ4v) is 2.06. The fourth-order valence-electron chi connectivity index (χ4n) is 2.06. The molecule has 1 aliphatic rings. The molecule has 0 saturated carbocycles. The van der Waals surface area contributed by atoms with Crippen molar-refractivity contribution in [1.82, 2.24) is 4.90 Å². The van der Waals surface area contributed by atoms with Crippen LogP contribution >= 0.6 is 0 Å². The van der Waals surface area contributed by atoms with Crippen LogP contribution in [0.25, 0.3) is 0 Å². The van der Waals surface area contributed by atoms with Gasteiger partial charge in [0, 0.05) is 17.7 Å². The highest BCUT2D eigenvalue weighted by Crippen LogP contribution is 2.20. The van der Waals surface area contributed by atoms with Crippen molar-refractivity contribution in [1.29, 1.82) is 0 Å². The molecule has 0 radical (unpaired) electrons. The molecule has 7 heteroatoms. The minimum absolute atomic E-state index is 0.0487. The second-order valence-electron chi connectivity index (χ2n) is 5.88. The van der Waals surface area contributed by atoms with Crippen LogP contribution in [-0.2, 0) is 29.2 Å². The molecule has 0 N–H and O–H groups in total. The lowest BCUT2D eigenvalue weighted by atomic mass is 10.0. The highest BCUT2D eigenvalue weighted by atomic mass is 17.5. The second kappa shape index (κ2) is 7.51. The molecule has 124 valence electrons. The molecule has 1 rings (SSSR count). The largest absolute Gasteiger partial charge is 0.347 e. The predicted molar refractivity (Wildman–Crippen MR) is 77.0 cm³/mol. The molecule has 0 unspecified atom stereocenters. The summed E-state index contributed by atoms with van der Waals surface area (Å²) >= 11 is 0. The molecule has 0 aliphatic carbocycles. The molecule has 0 spiro atoms. The summed E-state index contributed by atoms with van der Waals surface area (Å²) in [6, 6.07) is 0. The first kappa shape index (κ1) is 18.3. The van der Waals surface area contributed by atoms with E-state index < -0.39 is 11.6 Å². The third-order valence-electron chi connectivity index (χ3n) is 3.47. The van der Waals surface area contributed by atoms with E-state index in [2.05, 4.69) is 9.93 Å². The zero-order valence-corrected chi connectivity index (χ0v) is 13.7. The fraction of sp³-hybridized carbons (Fsp3) is 0.667. The number of rotatable bonds is 8.